The maximum atomic E-state index is 11.0. The smallest absolute Gasteiger partial charge is 0.357 e. The number of sulfonamides is 1. The monoisotopic (exact) mass is 1050 g/mol. The van der Waals surface area contributed by atoms with Gasteiger partial charge in [0, 0.05) is 64.9 Å². The van der Waals surface area contributed by atoms with E-state index < -0.39 is 20.6 Å². The number of rotatable bonds is 7. The zero-order chi connectivity index (χ0) is 50.7. The third-order valence-electron chi connectivity index (χ3n) is 10.6. The van der Waals surface area contributed by atoms with Gasteiger partial charge in [-0.2, -0.15) is 0 Å². The van der Waals surface area contributed by atoms with Crippen LogP contribution in [0, 0.1) is 13.8 Å². The van der Waals surface area contributed by atoms with E-state index in [-0.39, 0.29) is 17.1 Å². The first kappa shape index (κ1) is 53.8. The molecule has 7 heterocycles. The second kappa shape index (κ2) is 24.5. The maximum Gasteiger partial charge on any atom is 2.00 e. The molecule has 8 bridgehead atoms. The van der Waals surface area contributed by atoms with E-state index in [9.17, 15) is 8.42 Å². The third kappa shape index (κ3) is 12.9. The summed E-state index contributed by atoms with van der Waals surface area (Å²) in [7, 11) is -6.25. The molecule has 0 saturated carbocycles. The summed E-state index contributed by atoms with van der Waals surface area (Å²) in [6, 6.07) is 35.7. The van der Waals surface area contributed by atoms with Crippen molar-refractivity contribution in [2.24, 2.45) is 0 Å². The van der Waals surface area contributed by atoms with Gasteiger partial charge >= 0.3 is 27.7 Å². The summed E-state index contributed by atoms with van der Waals surface area (Å²) in [5, 5.41) is 3.52. The van der Waals surface area contributed by atoms with Gasteiger partial charge in [-0.3, -0.25) is 4.98 Å². The Morgan fingerprint density at radius 1 is 0.528 bits per heavy atom. The minimum atomic E-state index is -3.14. The van der Waals surface area contributed by atoms with E-state index in [0.717, 1.165) is 50.3 Å². The summed E-state index contributed by atoms with van der Waals surface area (Å²) in [5.41, 5.74) is 7.72. The van der Waals surface area contributed by atoms with Crippen LogP contribution in [0.25, 0.3) is 89.8 Å². The minimum Gasteiger partial charge on any atom is -0.357 e. The van der Waals surface area contributed by atoms with E-state index in [1.165, 1.54) is 11.1 Å². The molecule has 0 saturated heterocycles. The van der Waals surface area contributed by atoms with Crippen LogP contribution < -0.4 is 14.7 Å². The summed E-state index contributed by atoms with van der Waals surface area (Å²) >= 11 is 0. The van der Waals surface area contributed by atoms with Crippen molar-refractivity contribution in [3.63, 3.8) is 0 Å². The van der Waals surface area contributed by atoms with Crippen LogP contribution in [0.2, 0.25) is 0 Å². The largest absolute Gasteiger partial charge is 2.00 e. The van der Waals surface area contributed by atoms with Gasteiger partial charge in [0.25, 0.3) is 0 Å². The zero-order valence-electron chi connectivity index (χ0n) is 40.3. The first-order valence-corrected chi connectivity index (χ1v) is 25.7. The van der Waals surface area contributed by atoms with Gasteiger partial charge in [-0.05, 0) is 65.1 Å². The van der Waals surface area contributed by atoms with Crippen LogP contribution in [-0.2, 0) is 50.5 Å². The summed E-state index contributed by atoms with van der Waals surface area (Å²) in [6.07, 6.45) is 4.82. The predicted octanol–water partition coefficient (Wildman–Crippen LogP) is 8.13. The molecule has 0 unspecified atom stereocenters. The number of aryl methyl sites for hydroxylation is 3. The van der Waals surface area contributed by atoms with Crippen LogP contribution in [0.3, 0.4) is 0 Å². The molecule has 371 valence electrons. The first-order valence-electron chi connectivity index (χ1n) is 22.8. The fraction of sp³-hybridized carbons (Fsp3) is 0.216. The van der Waals surface area contributed by atoms with E-state index in [2.05, 4.69) is 43.7 Å². The van der Waals surface area contributed by atoms with Crippen molar-refractivity contribution in [1.82, 2.24) is 64.5 Å². The van der Waals surface area contributed by atoms with Crippen molar-refractivity contribution >= 4 is 64.8 Å². The molecule has 1 radical (unpaired) electrons. The van der Waals surface area contributed by atoms with Gasteiger partial charge in [0.15, 0.2) is 11.6 Å². The second-order valence-corrected chi connectivity index (χ2v) is 17.6. The molecule has 0 amide bonds. The molecule has 0 spiro atoms. The minimum absolute atomic E-state index is 0. The summed E-state index contributed by atoms with van der Waals surface area (Å²) in [6.45, 7) is 12.3. The predicted molar refractivity (Wildman–Crippen MR) is 274 cm³/mol. The molecule has 0 fully saturated rings. The number of pyridine rings is 1. The van der Waals surface area contributed by atoms with E-state index in [4.69, 9.17) is 52.5 Å². The van der Waals surface area contributed by atoms with E-state index in [1.54, 1.807) is 6.20 Å². The average molecular weight is 1050 g/mol. The van der Waals surface area contributed by atoms with Crippen LogP contribution in [0.4, 0.5) is 0 Å². The average Bonchev–Trinajstić information content (AvgIpc) is 4.10. The van der Waals surface area contributed by atoms with E-state index in [1.807, 2.05) is 132 Å². The molecule has 5 aromatic heterocycles. The Labute approximate surface area is 428 Å². The van der Waals surface area contributed by atoms with Crippen molar-refractivity contribution in [1.29, 1.82) is 0 Å². The van der Waals surface area contributed by atoms with Crippen LogP contribution in [0.15, 0.2) is 115 Å². The number of benzene rings is 4. The molecule has 21 heteroatoms. The number of nitrogens with one attached hydrogen (secondary N) is 1. The molecular formula is C51H49CuN13O5S2. The van der Waals surface area contributed by atoms with Gasteiger partial charge in [0.2, 0.25) is 10.0 Å². The van der Waals surface area contributed by atoms with Crippen molar-refractivity contribution in [3.8, 4) is 45.7 Å². The Bertz CT molecular complexity index is 3630. The third-order valence-corrected chi connectivity index (χ3v) is 11.3. The molecule has 9 aromatic rings. The van der Waals surface area contributed by atoms with Gasteiger partial charge < -0.3 is 24.9 Å². The Morgan fingerprint density at radius 2 is 0.972 bits per heavy atom. The SMILES string of the molecule is CC.CC.Cc1nc(CCCNS(C)(=O)=O)nc(Cc2ccccc2C)n1.O=S(=O)=O.[Cu+2].c1ccc2c(c1)-c1nc-2nc2[n-]c(nc3[n-]c(nc4nc(n1)-c1ncccc1-4)c1ccccc31)c1ccccc21. The number of fused-ring (bicyclic) bond motifs is 20. The van der Waals surface area contributed by atoms with Gasteiger partial charge in [-0.25, -0.2) is 43.0 Å². The van der Waals surface area contributed by atoms with Gasteiger partial charge in [-0.1, -0.05) is 125 Å². The molecule has 0 atom stereocenters. The van der Waals surface area contributed by atoms with E-state index >= 15 is 0 Å². The van der Waals surface area contributed by atoms with Crippen molar-refractivity contribution < 1.29 is 38.1 Å². The van der Waals surface area contributed by atoms with Crippen LogP contribution in [0.1, 0.15) is 62.7 Å². The Morgan fingerprint density at radius 3 is 1.51 bits per heavy atom. The molecular weight excluding hydrogens is 1000 g/mol. The molecule has 2 aliphatic heterocycles. The Hall–Kier alpha value is -7.55. The van der Waals surface area contributed by atoms with Gasteiger partial charge in [0.05, 0.1) is 17.9 Å². The number of aromatic nitrogens is 12. The normalized spacial score (nSPS) is 10.9. The molecule has 2 aliphatic rings. The number of hydrogen-bond acceptors (Lipinski definition) is 15. The van der Waals surface area contributed by atoms with Crippen LogP contribution >= 0.6 is 0 Å². The fourth-order valence-electron chi connectivity index (χ4n) is 7.61. The van der Waals surface area contributed by atoms with Crippen molar-refractivity contribution in [2.75, 3.05) is 12.8 Å². The summed E-state index contributed by atoms with van der Waals surface area (Å²) in [4.78, 5) is 56.8. The van der Waals surface area contributed by atoms with Crippen LogP contribution in [0.5, 0.6) is 0 Å². The summed E-state index contributed by atoms with van der Waals surface area (Å²) < 4.78 is 49.9. The quantitative estimate of drug-likeness (QED) is 0.117. The molecule has 0 aliphatic carbocycles. The topological polar surface area (TPSA) is 254 Å². The number of nitrogens with zero attached hydrogens (tertiary/aromatic N) is 12. The van der Waals surface area contributed by atoms with Crippen molar-refractivity contribution in [2.45, 2.75) is 60.8 Å². The standard InChI is InChI=1S/C31H15N9.C16H22N4O2S.2C2H6.Cu.O3S/c1-2-9-17-16(8-1)24-33-25(17)35-27-20-12-5-6-13-21(20)29(37-27)39-31-23-22(14-7-15-32-23)30(40-31)38-28-19-11-4-3-10-18(19)26(34-24)36-28;1-12-7-4-5-8-14(12)11-16-19-13(2)18-15(20-16)9-6-10-17-23(3,21)22;2*1-2;;1-4(2)3/h1-15H;4-5,7-8,17H,6,9-11H2,1-3H3;2*1-2H3;;/q-2;;;;+2;. The Balaban J connectivity index is 0.000000227. The zero-order valence-corrected chi connectivity index (χ0v) is 42.9. The molecule has 1 N–H and O–H groups in total. The molecule has 4 aromatic carbocycles. The molecule has 72 heavy (non-hydrogen) atoms. The molecule has 18 nitrogen and oxygen atoms in total. The second-order valence-electron chi connectivity index (χ2n) is 15.3. The maximum absolute atomic E-state index is 11.0. The van der Waals surface area contributed by atoms with Crippen LogP contribution in [-0.4, -0.2) is 83.7 Å². The fourth-order valence-corrected chi connectivity index (χ4v) is 8.12. The first-order chi connectivity index (χ1) is 34.4. The van der Waals surface area contributed by atoms with E-state index in [0.29, 0.717) is 89.0 Å². The van der Waals surface area contributed by atoms with Gasteiger partial charge in [-0.15, -0.1) is 12.6 Å². The Kier molecular flexibility index (Phi) is 18.3. The van der Waals surface area contributed by atoms with Gasteiger partial charge in [0.1, 0.15) is 23.2 Å². The number of hydrogen-bond donors (Lipinski definition) is 1. The summed E-state index contributed by atoms with van der Waals surface area (Å²) in [5.74, 6) is 4.12. The van der Waals surface area contributed by atoms with Crippen molar-refractivity contribution in [3.05, 3.63) is 144 Å². The molecule has 11 rings (SSSR count).